The molecule has 0 heterocycles. The van der Waals surface area contributed by atoms with Crippen LogP contribution in [-0.4, -0.2) is 74.2 Å². The molecule has 0 spiro atoms. The van der Waals surface area contributed by atoms with Crippen LogP contribution in [0.25, 0.3) is 6.08 Å². The second-order valence-corrected chi connectivity index (χ2v) is 11.1. The SMILES string of the molecule is CCOc1ccc(C=CC(=O)OC)cc1OCCCCCCOC(=O)NCCC[Si](OCC)(OCC)OCC. The fourth-order valence-corrected chi connectivity index (χ4v) is 6.31. The van der Waals surface area contributed by atoms with E-state index in [0.717, 1.165) is 31.2 Å². The number of hydrogen-bond acceptors (Lipinski definition) is 9. The third-order valence-corrected chi connectivity index (χ3v) is 8.58. The second kappa shape index (κ2) is 21.2. The van der Waals surface area contributed by atoms with Crippen molar-refractivity contribution >= 4 is 26.9 Å². The van der Waals surface area contributed by atoms with Crippen LogP contribution in [0.3, 0.4) is 0 Å². The molecule has 0 saturated heterocycles. The van der Waals surface area contributed by atoms with E-state index in [-0.39, 0.29) is 0 Å². The number of benzene rings is 1. The monoisotopic (exact) mass is 569 g/mol. The maximum Gasteiger partial charge on any atom is 0.500 e. The van der Waals surface area contributed by atoms with Crippen molar-refractivity contribution in [2.45, 2.75) is 65.8 Å². The zero-order valence-corrected chi connectivity index (χ0v) is 25.3. The summed E-state index contributed by atoms with van der Waals surface area (Å²) in [6, 6.07) is 6.16. The highest BCUT2D eigenvalue weighted by Crippen LogP contribution is 2.29. The van der Waals surface area contributed by atoms with Crippen LogP contribution in [0.15, 0.2) is 24.3 Å². The average Bonchev–Trinajstić information content (AvgIpc) is 2.92. The summed E-state index contributed by atoms with van der Waals surface area (Å²) in [7, 11) is -1.35. The van der Waals surface area contributed by atoms with E-state index in [1.165, 1.54) is 13.2 Å². The van der Waals surface area contributed by atoms with Gasteiger partial charge in [0.1, 0.15) is 0 Å². The van der Waals surface area contributed by atoms with E-state index < -0.39 is 20.9 Å². The smallest absolute Gasteiger partial charge is 0.490 e. The van der Waals surface area contributed by atoms with Gasteiger partial charge in [-0.3, -0.25) is 0 Å². The maximum absolute atomic E-state index is 12.0. The zero-order chi connectivity index (χ0) is 28.8. The summed E-state index contributed by atoms with van der Waals surface area (Å²) in [6.45, 7) is 11.2. The van der Waals surface area contributed by atoms with Crippen molar-refractivity contribution in [3.8, 4) is 11.5 Å². The molecule has 1 aromatic rings. The van der Waals surface area contributed by atoms with E-state index in [1.807, 2.05) is 45.9 Å². The molecule has 1 amide bonds. The van der Waals surface area contributed by atoms with Crippen LogP contribution in [0.5, 0.6) is 11.5 Å². The van der Waals surface area contributed by atoms with Crippen LogP contribution in [0.2, 0.25) is 6.04 Å². The Hall–Kier alpha value is -2.60. The van der Waals surface area contributed by atoms with Gasteiger partial charge in [-0.25, -0.2) is 9.59 Å². The molecular formula is C28H47NO9Si. The molecule has 0 radical (unpaired) electrons. The van der Waals surface area contributed by atoms with Crippen molar-refractivity contribution in [2.24, 2.45) is 0 Å². The van der Waals surface area contributed by atoms with Gasteiger partial charge in [-0.2, -0.15) is 0 Å². The Kier molecular flexibility index (Phi) is 18.8. The first-order valence-corrected chi connectivity index (χ1v) is 15.8. The molecule has 0 aliphatic carbocycles. The van der Waals surface area contributed by atoms with E-state index in [0.29, 0.717) is 70.1 Å². The van der Waals surface area contributed by atoms with E-state index >= 15 is 0 Å². The van der Waals surface area contributed by atoms with Gasteiger partial charge in [-0.1, -0.05) is 6.07 Å². The van der Waals surface area contributed by atoms with Crippen LogP contribution in [0, 0.1) is 0 Å². The van der Waals surface area contributed by atoms with Gasteiger partial charge in [0, 0.05) is 38.5 Å². The first-order chi connectivity index (χ1) is 18.9. The molecule has 0 aliphatic heterocycles. The molecule has 11 heteroatoms. The molecule has 222 valence electrons. The lowest BCUT2D eigenvalue weighted by atomic mass is 10.2. The third-order valence-electron chi connectivity index (χ3n) is 5.43. The highest BCUT2D eigenvalue weighted by molar-refractivity contribution is 6.60. The molecule has 0 saturated carbocycles. The highest BCUT2D eigenvalue weighted by Gasteiger charge is 2.39. The molecule has 1 aromatic carbocycles. The van der Waals surface area contributed by atoms with Gasteiger partial charge in [-0.05, 0) is 83.6 Å². The summed E-state index contributed by atoms with van der Waals surface area (Å²) in [5.41, 5.74) is 0.813. The number of carbonyl (C=O) groups excluding carboxylic acids is 2. The number of nitrogens with one attached hydrogen (secondary N) is 1. The summed E-state index contributed by atoms with van der Waals surface area (Å²) < 4.78 is 39.0. The van der Waals surface area contributed by atoms with Gasteiger partial charge >= 0.3 is 20.9 Å². The minimum atomic E-state index is -2.69. The zero-order valence-electron chi connectivity index (χ0n) is 24.3. The van der Waals surface area contributed by atoms with Crippen LogP contribution in [-0.2, 0) is 27.5 Å². The van der Waals surface area contributed by atoms with Crippen molar-refractivity contribution in [1.29, 1.82) is 0 Å². The van der Waals surface area contributed by atoms with Gasteiger partial charge in [0.25, 0.3) is 0 Å². The van der Waals surface area contributed by atoms with Crippen LogP contribution in [0.4, 0.5) is 4.79 Å². The lowest BCUT2D eigenvalue weighted by Crippen LogP contribution is -2.46. The molecule has 0 aliphatic rings. The van der Waals surface area contributed by atoms with E-state index in [2.05, 4.69) is 10.1 Å². The summed E-state index contributed by atoms with van der Waals surface area (Å²) in [4.78, 5) is 23.3. The number of esters is 1. The predicted octanol–water partition coefficient (Wildman–Crippen LogP) is 5.38. The molecule has 0 unspecified atom stereocenters. The molecule has 1 rings (SSSR count). The highest BCUT2D eigenvalue weighted by atomic mass is 28.4. The van der Waals surface area contributed by atoms with Crippen molar-refractivity contribution in [1.82, 2.24) is 5.32 Å². The molecule has 0 bridgehead atoms. The summed E-state index contributed by atoms with van der Waals surface area (Å²) >= 11 is 0. The average molecular weight is 570 g/mol. The Morgan fingerprint density at radius 2 is 1.49 bits per heavy atom. The lowest BCUT2D eigenvalue weighted by molar-refractivity contribution is -0.134. The van der Waals surface area contributed by atoms with Gasteiger partial charge in [0.2, 0.25) is 0 Å². The van der Waals surface area contributed by atoms with Crippen LogP contribution < -0.4 is 14.8 Å². The Labute approximate surface area is 234 Å². The minimum absolute atomic E-state index is 0.366. The summed E-state index contributed by atoms with van der Waals surface area (Å²) in [6.07, 6.45) is 6.79. The normalized spacial score (nSPS) is 11.4. The topological polar surface area (TPSA) is 111 Å². The predicted molar refractivity (Wildman–Crippen MR) is 152 cm³/mol. The fraction of sp³-hybridized carbons (Fsp3) is 0.643. The Bertz CT molecular complexity index is 833. The number of ether oxygens (including phenoxy) is 4. The van der Waals surface area contributed by atoms with Gasteiger partial charge < -0.3 is 37.5 Å². The molecule has 0 aromatic heterocycles. The third kappa shape index (κ3) is 14.9. The van der Waals surface area contributed by atoms with E-state index in [4.69, 9.17) is 27.5 Å². The van der Waals surface area contributed by atoms with Crippen molar-refractivity contribution in [3.63, 3.8) is 0 Å². The Morgan fingerprint density at radius 3 is 2.10 bits per heavy atom. The number of unbranched alkanes of at least 4 members (excludes halogenated alkanes) is 3. The molecule has 39 heavy (non-hydrogen) atoms. The largest absolute Gasteiger partial charge is 0.500 e. The number of methoxy groups -OCH3 is 1. The van der Waals surface area contributed by atoms with Gasteiger partial charge in [0.15, 0.2) is 11.5 Å². The first kappa shape index (κ1) is 34.4. The molecule has 0 atom stereocenters. The second-order valence-electron chi connectivity index (χ2n) is 8.41. The number of alkyl carbamates (subject to hydrolysis) is 1. The molecule has 10 nitrogen and oxygen atoms in total. The number of carbonyl (C=O) groups is 2. The van der Waals surface area contributed by atoms with E-state index in [1.54, 1.807) is 6.08 Å². The lowest BCUT2D eigenvalue weighted by Gasteiger charge is -2.28. The van der Waals surface area contributed by atoms with Crippen LogP contribution in [0.1, 0.15) is 65.4 Å². The van der Waals surface area contributed by atoms with Gasteiger partial charge in [0.05, 0.1) is 26.9 Å². The molecule has 1 N–H and O–H groups in total. The number of rotatable bonds is 22. The fourth-order valence-electron chi connectivity index (χ4n) is 3.70. The maximum atomic E-state index is 12.0. The van der Waals surface area contributed by atoms with Crippen molar-refractivity contribution in [3.05, 3.63) is 29.8 Å². The molecule has 0 fully saturated rings. The first-order valence-electron chi connectivity index (χ1n) is 13.9. The van der Waals surface area contributed by atoms with Crippen molar-refractivity contribution < 1.29 is 41.8 Å². The Balaban J connectivity index is 2.26. The number of amides is 1. The quantitative estimate of drug-likeness (QED) is 0.0852. The number of hydrogen-bond donors (Lipinski definition) is 1. The van der Waals surface area contributed by atoms with Crippen LogP contribution >= 0.6 is 0 Å². The summed E-state index contributed by atoms with van der Waals surface area (Å²) in [5.74, 6) is 0.874. The summed E-state index contributed by atoms with van der Waals surface area (Å²) in [5, 5.41) is 2.78. The van der Waals surface area contributed by atoms with E-state index in [9.17, 15) is 9.59 Å². The standard InChI is InChI=1S/C28H47NO9Si/c1-6-33-25-17-15-24(16-18-27(30)32-5)23-26(25)34-20-12-10-11-13-21-35-28(31)29-19-14-22-39(36-7-2,37-8-3)38-9-4/h15-18,23H,6-14,19-22H2,1-5H3,(H,29,31). The van der Waals surface area contributed by atoms with Crippen molar-refractivity contribution in [2.75, 3.05) is 53.3 Å². The Morgan fingerprint density at radius 1 is 0.821 bits per heavy atom. The molecular weight excluding hydrogens is 522 g/mol. The minimum Gasteiger partial charge on any atom is -0.490 e. The van der Waals surface area contributed by atoms with Gasteiger partial charge in [-0.15, -0.1) is 0 Å².